The van der Waals surface area contributed by atoms with E-state index in [9.17, 15) is 19.1 Å². The predicted molar refractivity (Wildman–Crippen MR) is 204 cm³/mol. The number of aliphatic hydroxyl groups is 1. The second-order valence-electron chi connectivity index (χ2n) is 12.4. The van der Waals surface area contributed by atoms with E-state index in [0.717, 1.165) is 25.7 Å². The van der Waals surface area contributed by atoms with E-state index in [-0.39, 0.29) is 36.2 Å². The Kier molecular flexibility index (Phi) is 22.0. The summed E-state index contributed by atoms with van der Waals surface area (Å²) in [5.41, 5.74) is 19.5. The molecule has 0 aromatic rings. The maximum absolute atomic E-state index is 14.6. The standard InChI is InChI=1S/C23H39FN2O3.C14H20N4O.C2H4/c1-6-12-20(24)19(18(4)29-5)15-26(8-3)21(7-2)22(28)25-16-23(17-27)13-10-9-11-14-23;1-3-9(6-8(2)15)13(17)11-7-10(14(18)19)4-5-12(11)16;1-2/h6,12,21,27H,1,7-11,13-17H2,2-5H3,(H,25,28);3,5-7,10,17H,4,15-16H2,1-2H3,(H2,18,19);1-2H2/b19-18+,20-12+;8-6-,9-3+,17-13?;. The summed E-state index contributed by atoms with van der Waals surface area (Å²) >= 11 is 0. The van der Waals surface area contributed by atoms with Gasteiger partial charge < -0.3 is 32.4 Å². The van der Waals surface area contributed by atoms with Crippen LogP contribution in [0.3, 0.4) is 0 Å². The highest BCUT2D eigenvalue weighted by atomic mass is 19.1. The summed E-state index contributed by atoms with van der Waals surface area (Å²) in [6, 6.07) is -0.379. The van der Waals surface area contributed by atoms with Gasteiger partial charge >= 0.3 is 0 Å². The Morgan fingerprint density at radius 1 is 1.22 bits per heavy atom. The molecule has 11 heteroatoms. The average Bonchev–Trinajstić information content (AvgIpc) is 3.12. The number of allylic oxidation sites excluding steroid dienone is 9. The van der Waals surface area contributed by atoms with E-state index in [1.165, 1.54) is 25.7 Å². The fourth-order valence-electron chi connectivity index (χ4n) is 5.88. The van der Waals surface area contributed by atoms with Gasteiger partial charge in [0.2, 0.25) is 11.8 Å². The van der Waals surface area contributed by atoms with Gasteiger partial charge in [0.05, 0.1) is 37.1 Å². The minimum absolute atomic E-state index is 0.0738. The van der Waals surface area contributed by atoms with Crippen molar-refractivity contribution in [2.24, 2.45) is 28.5 Å². The number of nitrogens with two attached hydrogens (primary N) is 3. The monoisotopic (exact) mass is 698 g/mol. The minimum atomic E-state index is -0.415. The summed E-state index contributed by atoms with van der Waals surface area (Å²) in [5.74, 6) is -0.828. The molecule has 0 aromatic heterocycles. The van der Waals surface area contributed by atoms with Crippen molar-refractivity contribution in [2.75, 3.05) is 33.4 Å². The first-order valence-electron chi connectivity index (χ1n) is 17.3. The number of methoxy groups -OCH3 is 1. The van der Waals surface area contributed by atoms with E-state index in [1.54, 1.807) is 38.2 Å². The summed E-state index contributed by atoms with van der Waals surface area (Å²) in [7, 11) is 1.51. The first-order chi connectivity index (χ1) is 23.7. The Bertz CT molecular complexity index is 1330. The van der Waals surface area contributed by atoms with Crippen LogP contribution in [0, 0.1) is 16.7 Å². The smallest absolute Gasteiger partial charge is 0.237 e. The lowest BCUT2D eigenvalue weighted by molar-refractivity contribution is -0.127. The number of carbonyl (C=O) groups excluding carboxylic acids is 2. The highest BCUT2D eigenvalue weighted by Gasteiger charge is 2.33. The van der Waals surface area contributed by atoms with Crippen LogP contribution in [0.15, 0.2) is 95.9 Å². The van der Waals surface area contributed by atoms with Crippen LogP contribution in [0.2, 0.25) is 0 Å². The number of halogens is 1. The zero-order chi connectivity index (χ0) is 38.4. The van der Waals surface area contributed by atoms with Gasteiger partial charge in [0.1, 0.15) is 5.83 Å². The molecule has 280 valence electrons. The molecule has 9 N–H and O–H groups in total. The van der Waals surface area contributed by atoms with Crippen molar-refractivity contribution < 1.29 is 23.8 Å². The van der Waals surface area contributed by atoms with Crippen molar-refractivity contribution in [3.8, 4) is 0 Å². The van der Waals surface area contributed by atoms with Crippen LogP contribution >= 0.6 is 0 Å². The molecule has 2 atom stereocenters. The molecule has 2 aliphatic carbocycles. The molecular formula is C39H63FN6O4. The van der Waals surface area contributed by atoms with Gasteiger partial charge in [0.25, 0.3) is 0 Å². The molecular weight excluding hydrogens is 635 g/mol. The highest BCUT2D eigenvalue weighted by molar-refractivity contribution is 6.15. The molecule has 0 spiro atoms. The van der Waals surface area contributed by atoms with Crippen LogP contribution in [0.25, 0.3) is 0 Å². The van der Waals surface area contributed by atoms with E-state index >= 15 is 0 Å². The molecule has 2 unspecified atom stereocenters. The lowest BCUT2D eigenvalue weighted by Gasteiger charge is -2.37. The Hall–Kier alpha value is -4.22. The van der Waals surface area contributed by atoms with Gasteiger partial charge in [-0.1, -0.05) is 64.0 Å². The van der Waals surface area contributed by atoms with Crippen LogP contribution in [0.1, 0.15) is 79.6 Å². The first-order valence-corrected chi connectivity index (χ1v) is 17.3. The Morgan fingerprint density at radius 2 is 1.84 bits per heavy atom. The number of ether oxygens (including phenoxy) is 1. The molecule has 0 radical (unpaired) electrons. The van der Waals surface area contributed by atoms with Gasteiger partial charge in [-0.2, -0.15) is 0 Å². The third-order valence-electron chi connectivity index (χ3n) is 8.96. The zero-order valence-corrected chi connectivity index (χ0v) is 31.2. The lowest BCUT2D eigenvalue weighted by atomic mass is 9.74. The van der Waals surface area contributed by atoms with E-state index < -0.39 is 17.7 Å². The highest BCUT2D eigenvalue weighted by Crippen LogP contribution is 2.35. The molecule has 1 saturated carbocycles. The molecule has 0 bridgehead atoms. The van der Waals surface area contributed by atoms with Gasteiger partial charge in [-0.15, -0.1) is 13.2 Å². The van der Waals surface area contributed by atoms with E-state index in [1.807, 2.05) is 25.7 Å². The molecule has 2 rings (SSSR count). The van der Waals surface area contributed by atoms with Gasteiger partial charge in [0.15, 0.2) is 0 Å². The van der Waals surface area contributed by atoms with Crippen LogP contribution in [-0.2, 0) is 14.3 Å². The summed E-state index contributed by atoms with van der Waals surface area (Å²) in [6.07, 6.45) is 15.9. The van der Waals surface area contributed by atoms with Crippen molar-refractivity contribution in [3.63, 3.8) is 0 Å². The van der Waals surface area contributed by atoms with E-state index in [0.29, 0.717) is 59.8 Å². The molecule has 1 fully saturated rings. The maximum atomic E-state index is 14.6. The van der Waals surface area contributed by atoms with Crippen molar-refractivity contribution in [1.82, 2.24) is 10.2 Å². The first kappa shape index (κ1) is 45.8. The topological polar surface area (TPSA) is 181 Å². The quantitative estimate of drug-likeness (QED) is 0.0495. The van der Waals surface area contributed by atoms with Gasteiger partial charge in [-0.3, -0.25) is 19.9 Å². The second kappa shape index (κ2) is 24.0. The van der Waals surface area contributed by atoms with E-state index in [4.69, 9.17) is 27.3 Å². The number of hydrogen-bond acceptors (Lipinski definition) is 8. The van der Waals surface area contributed by atoms with Crippen molar-refractivity contribution in [3.05, 3.63) is 95.9 Å². The maximum Gasteiger partial charge on any atom is 0.237 e. The zero-order valence-electron chi connectivity index (χ0n) is 31.2. The van der Waals surface area contributed by atoms with Crippen molar-refractivity contribution >= 4 is 17.5 Å². The lowest BCUT2D eigenvalue weighted by Crippen LogP contribution is -2.50. The van der Waals surface area contributed by atoms with Crippen LogP contribution < -0.4 is 22.5 Å². The minimum Gasteiger partial charge on any atom is -0.501 e. The normalized spacial score (nSPS) is 18.8. The number of likely N-dealkylation sites (N-methyl/N-ethyl adjacent to an activating group) is 1. The number of carbonyl (C=O) groups is 2. The summed E-state index contributed by atoms with van der Waals surface area (Å²) in [5, 5.41) is 21.1. The van der Waals surface area contributed by atoms with Crippen LogP contribution in [0.5, 0.6) is 0 Å². The SMILES string of the molecule is C/C=C(\C=C(\C)N)C(=N)C1=CC(C(N)=O)CC=C1N.C=C.C=C/C=C(F)\C(CN(CC)C(CC)C(=O)NCC1(CO)CCCCC1)=C(/C)OC. The van der Waals surface area contributed by atoms with Gasteiger partial charge in [0, 0.05) is 41.0 Å². The number of primary amides is 1. The molecule has 50 heavy (non-hydrogen) atoms. The predicted octanol–water partition coefficient (Wildman–Crippen LogP) is 6.00. The Balaban J connectivity index is 0.000000987. The van der Waals surface area contributed by atoms with Gasteiger partial charge in [-0.05, 0) is 70.7 Å². The fourth-order valence-corrected chi connectivity index (χ4v) is 5.88. The fraction of sp³-hybridized carbons (Fsp3) is 0.513. The number of nitrogens with one attached hydrogen (secondary N) is 2. The number of rotatable bonds is 16. The van der Waals surface area contributed by atoms with Crippen molar-refractivity contribution in [2.45, 2.75) is 85.6 Å². The number of hydrogen-bond donors (Lipinski definition) is 6. The number of nitrogens with zero attached hydrogens (tertiary/aromatic N) is 1. The third kappa shape index (κ3) is 14.3. The Morgan fingerprint density at radius 3 is 2.30 bits per heavy atom. The second-order valence-corrected chi connectivity index (χ2v) is 12.4. The molecule has 10 nitrogen and oxygen atoms in total. The Labute approximate surface area is 300 Å². The average molecular weight is 699 g/mol. The molecule has 0 aliphatic heterocycles. The van der Waals surface area contributed by atoms with E-state index in [2.05, 4.69) is 25.1 Å². The third-order valence-corrected chi connectivity index (χ3v) is 8.96. The van der Waals surface area contributed by atoms with Crippen LogP contribution in [0.4, 0.5) is 4.39 Å². The molecule has 2 aliphatic rings. The number of aliphatic hydroxyl groups excluding tert-OH is 1. The molecule has 0 saturated heterocycles. The molecule has 2 amide bonds. The largest absolute Gasteiger partial charge is 0.501 e. The summed E-state index contributed by atoms with van der Waals surface area (Å²) < 4.78 is 19.8. The van der Waals surface area contributed by atoms with Crippen LogP contribution in [-0.4, -0.2) is 66.9 Å². The summed E-state index contributed by atoms with van der Waals surface area (Å²) in [6.45, 7) is 20.2. The van der Waals surface area contributed by atoms with Crippen molar-refractivity contribution in [1.29, 1.82) is 5.41 Å². The summed E-state index contributed by atoms with van der Waals surface area (Å²) in [4.78, 5) is 26.2. The molecule has 0 aromatic carbocycles. The van der Waals surface area contributed by atoms with Gasteiger partial charge in [-0.25, -0.2) is 4.39 Å². The molecule has 0 heterocycles. The number of amides is 2.